The van der Waals surface area contributed by atoms with Crippen LogP contribution in [0.5, 0.6) is 11.5 Å². The summed E-state index contributed by atoms with van der Waals surface area (Å²) in [6, 6.07) is 9.66. The molecule has 2 aromatic heterocycles. The quantitative estimate of drug-likeness (QED) is 0.624. The highest BCUT2D eigenvalue weighted by Gasteiger charge is 2.11. The molecule has 0 aliphatic rings. The second-order valence-electron chi connectivity index (χ2n) is 5.36. The Kier molecular flexibility index (Phi) is 6.19. The van der Waals surface area contributed by atoms with Crippen LogP contribution in [-0.2, 0) is 11.2 Å². The Labute approximate surface area is 159 Å². The molecular formula is C18H19N3O3S2. The summed E-state index contributed by atoms with van der Waals surface area (Å²) in [5.41, 5.74) is 1.01. The van der Waals surface area contributed by atoms with Gasteiger partial charge in [0.2, 0.25) is 11.0 Å². The number of hydrogen-bond acceptors (Lipinski definition) is 7. The average molecular weight is 390 g/mol. The number of anilines is 1. The molecule has 6 nitrogen and oxygen atoms in total. The Bertz CT molecular complexity index is 862. The van der Waals surface area contributed by atoms with E-state index >= 15 is 0 Å². The first-order valence-electron chi connectivity index (χ1n) is 8.16. The Morgan fingerprint density at radius 2 is 2.12 bits per heavy atom. The zero-order valence-electron chi connectivity index (χ0n) is 14.5. The number of amides is 1. The van der Waals surface area contributed by atoms with Gasteiger partial charge in [-0.05, 0) is 42.5 Å². The van der Waals surface area contributed by atoms with E-state index < -0.39 is 0 Å². The summed E-state index contributed by atoms with van der Waals surface area (Å²) in [4.78, 5) is 13.2. The third-order valence-electron chi connectivity index (χ3n) is 3.57. The van der Waals surface area contributed by atoms with Crippen molar-refractivity contribution in [3.05, 3.63) is 41.3 Å². The highest BCUT2D eigenvalue weighted by molar-refractivity contribution is 7.23. The predicted octanol–water partition coefficient (Wildman–Crippen LogP) is 4.25. The Hall–Kier alpha value is -2.45. The standard InChI is InChI=1S/C18H19N3O3S2/c1-3-24-13-8-6-12(11-14(13)23-2)7-9-16(22)19-18-21-20-17(26-18)15-5-4-10-25-15/h4-6,8,10-11H,3,7,9H2,1-2H3,(H,19,21,22). The van der Waals surface area contributed by atoms with E-state index in [1.54, 1.807) is 18.4 Å². The smallest absolute Gasteiger partial charge is 0.226 e. The van der Waals surface area contributed by atoms with Gasteiger partial charge in [0, 0.05) is 6.42 Å². The minimum Gasteiger partial charge on any atom is -0.493 e. The van der Waals surface area contributed by atoms with E-state index in [4.69, 9.17) is 9.47 Å². The van der Waals surface area contributed by atoms with Crippen LogP contribution in [-0.4, -0.2) is 29.8 Å². The van der Waals surface area contributed by atoms with Gasteiger partial charge in [-0.1, -0.05) is 23.5 Å². The molecule has 1 N–H and O–H groups in total. The van der Waals surface area contributed by atoms with Crippen LogP contribution in [0.3, 0.4) is 0 Å². The lowest BCUT2D eigenvalue weighted by Crippen LogP contribution is -2.12. The number of thiophene rings is 1. The maximum Gasteiger partial charge on any atom is 0.226 e. The van der Waals surface area contributed by atoms with Crippen molar-refractivity contribution in [3.8, 4) is 21.4 Å². The van der Waals surface area contributed by atoms with Gasteiger partial charge in [0.15, 0.2) is 16.5 Å². The highest BCUT2D eigenvalue weighted by atomic mass is 32.1. The summed E-state index contributed by atoms with van der Waals surface area (Å²) in [7, 11) is 1.61. The van der Waals surface area contributed by atoms with Crippen molar-refractivity contribution in [2.24, 2.45) is 0 Å². The van der Waals surface area contributed by atoms with Gasteiger partial charge in [-0.25, -0.2) is 0 Å². The number of rotatable bonds is 8. The number of aromatic nitrogens is 2. The maximum absolute atomic E-state index is 12.2. The fraction of sp³-hybridized carbons (Fsp3) is 0.278. The number of aryl methyl sites for hydroxylation is 1. The van der Waals surface area contributed by atoms with Gasteiger partial charge in [0.05, 0.1) is 18.6 Å². The van der Waals surface area contributed by atoms with Gasteiger partial charge in [-0.15, -0.1) is 21.5 Å². The molecule has 0 aliphatic heterocycles. The molecule has 0 saturated heterocycles. The average Bonchev–Trinajstić information content (AvgIpc) is 3.32. The molecule has 1 amide bonds. The minimum absolute atomic E-state index is 0.0910. The van der Waals surface area contributed by atoms with Crippen LogP contribution in [0.1, 0.15) is 18.9 Å². The largest absolute Gasteiger partial charge is 0.493 e. The maximum atomic E-state index is 12.2. The van der Waals surface area contributed by atoms with E-state index in [-0.39, 0.29) is 5.91 Å². The number of carbonyl (C=O) groups is 1. The second kappa shape index (κ2) is 8.77. The van der Waals surface area contributed by atoms with Crippen molar-refractivity contribution in [1.29, 1.82) is 0 Å². The number of hydrogen-bond donors (Lipinski definition) is 1. The van der Waals surface area contributed by atoms with Crippen molar-refractivity contribution < 1.29 is 14.3 Å². The number of ether oxygens (including phenoxy) is 2. The van der Waals surface area contributed by atoms with Crippen molar-refractivity contribution in [2.45, 2.75) is 19.8 Å². The predicted molar refractivity (Wildman–Crippen MR) is 104 cm³/mol. The lowest BCUT2D eigenvalue weighted by atomic mass is 10.1. The summed E-state index contributed by atoms with van der Waals surface area (Å²) in [5, 5.41) is 14.3. The van der Waals surface area contributed by atoms with Gasteiger partial charge < -0.3 is 14.8 Å². The van der Waals surface area contributed by atoms with Crippen LogP contribution in [0.2, 0.25) is 0 Å². The fourth-order valence-corrected chi connectivity index (χ4v) is 3.91. The van der Waals surface area contributed by atoms with Gasteiger partial charge in [0.25, 0.3) is 0 Å². The van der Waals surface area contributed by atoms with Gasteiger partial charge in [-0.3, -0.25) is 4.79 Å². The van der Waals surface area contributed by atoms with E-state index in [9.17, 15) is 4.79 Å². The molecule has 0 fully saturated rings. The molecule has 0 radical (unpaired) electrons. The zero-order chi connectivity index (χ0) is 18.4. The minimum atomic E-state index is -0.0910. The third-order valence-corrected chi connectivity index (χ3v) is 5.45. The number of nitrogens with zero attached hydrogens (tertiary/aromatic N) is 2. The molecule has 0 atom stereocenters. The first-order chi connectivity index (χ1) is 12.7. The van der Waals surface area contributed by atoms with Crippen molar-refractivity contribution in [3.63, 3.8) is 0 Å². The molecule has 0 saturated carbocycles. The topological polar surface area (TPSA) is 73.3 Å². The number of methoxy groups -OCH3 is 1. The Balaban J connectivity index is 1.56. The molecule has 8 heteroatoms. The van der Waals surface area contributed by atoms with E-state index in [0.717, 1.165) is 15.4 Å². The van der Waals surface area contributed by atoms with Gasteiger partial charge >= 0.3 is 0 Å². The lowest BCUT2D eigenvalue weighted by Gasteiger charge is -2.10. The van der Waals surface area contributed by atoms with Crippen LogP contribution in [0.15, 0.2) is 35.7 Å². The summed E-state index contributed by atoms with van der Waals surface area (Å²) in [5.74, 6) is 1.29. The van der Waals surface area contributed by atoms with Crippen molar-refractivity contribution >= 4 is 33.7 Å². The van der Waals surface area contributed by atoms with Crippen LogP contribution < -0.4 is 14.8 Å². The van der Waals surface area contributed by atoms with E-state index in [0.29, 0.717) is 36.1 Å². The molecule has 1 aromatic carbocycles. The summed E-state index contributed by atoms with van der Waals surface area (Å²) in [6.45, 7) is 2.50. The number of carbonyl (C=O) groups excluding carboxylic acids is 1. The molecule has 0 aliphatic carbocycles. The number of benzene rings is 1. The molecule has 26 heavy (non-hydrogen) atoms. The highest BCUT2D eigenvalue weighted by Crippen LogP contribution is 2.30. The lowest BCUT2D eigenvalue weighted by molar-refractivity contribution is -0.116. The zero-order valence-corrected chi connectivity index (χ0v) is 16.2. The SMILES string of the molecule is CCOc1ccc(CCC(=O)Nc2nnc(-c3cccs3)s2)cc1OC. The second-order valence-corrected chi connectivity index (χ2v) is 7.28. The summed E-state index contributed by atoms with van der Waals surface area (Å²) >= 11 is 2.97. The summed E-state index contributed by atoms with van der Waals surface area (Å²) < 4.78 is 10.8. The monoisotopic (exact) mass is 389 g/mol. The van der Waals surface area contributed by atoms with E-state index in [1.165, 1.54) is 11.3 Å². The number of nitrogens with one attached hydrogen (secondary N) is 1. The van der Waals surface area contributed by atoms with Crippen LogP contribution in [0.4, 0.5) is 5.13 Å². The molecule has 0 spiro atoms. The molecule has 3 rings (SSSR count). The molecular weight excluding hydrogens is 370 g/mol. The van der Waals surface area contributed by atoms with Crippen LogP contribution >= 0.6 is 22.7 Å². The first kappa shape index (κ1) is 18.3. The fourth-order valence-electron chi connectivity index (χ4n) is 2.36. The summed E-state index contributed by atoms with van der Waals surface area (Å²) in [6.07, 6.45) is 0.955. The van der Waals surface area contributed by atoms with E-state index in [2.05, 4.69) is 15.5 Å². The normalized spacial score (nSPS) is 10.5. The van der Waals surface area contributed by atoms with E-state index in [1.807, 2.05) is 42.6 Å². The van der Waals surface area contributed by atoms with Gasteiger partial charge in [0.1, 0.15) is 0 Å². The molecule has 3 aromatic rings. The van der Waals surface area contributed by atoms with Gasteiger partial charge in [-0.2, -0.15) is 0 Å². The van der Waals surface area contributed by atoms with Crippen molar-refractivity contribution in [2.75, 3.05) is 19.0 Å². The molecule has 0 bridgehead atoms. The molecule has 0 unspecified atom stereocenters. The molecule has 136 valence electrons. The van der Waals surface area contributed by atoms with Crippen LogP contribution in [0.25, 0.3) is 9.88 Å². The first-order valence-corrected chi connectivity index (χ1v) is 9.86. The Morgan fingerprint density at radius 1 is 1.23 bits per heavy atom. The van der Waals surface area contributed by atoms with Crippen molar-refractivity contribution in [1.82, 2.24) is 10.2 Å². The third kappa shape index (κ3) is 4.59. The molecule has 2 heterocycles. The Morgan fingerprint density at radius 3 is 2.85 bits per heavy atom. The van der Waals surface area contributed by atoms with Crippen LogP contribution in [0, 0.1) is 0 Å².